The zero-order valence-corrected chi connectivity index (χ0v) is 20.1. The van der Waals surface area contributed by atoms with E-state index in [0.717, 1.165) is 71.6 Å². The number of aromatic nitrogens is 1. The van der Waals surface area contributed by atoms with Gasteiger partial charge in [0.2, 0.25) is 0 Å². The van der Waals surface area contributed by atoms with Crippen LogP contribution in [0, 0.1) is 5.92 Å². The molecule has 1 unspecified atom stereocenters. The Labute approximate surface area is 210 Å². The maximum atomic E-state index is 11.1. The van der Waals surface area contributed by atoms with Crippen molar-refractivity contribution in [2.24, 2.45) is 16.6 Å². The minimum atomic E-state index is -0.588. The fourth-order valence-electron chi connectivity index (χ4n) is 6.06. The van der Waals surface area contributed by atoms with Crippen LogP contribution in [0.4, 0.5) is 0 Å². The highest BCUT2D eigenvalue weighted by molar-refractivity contribution is 6.05. The molecular weight excluding hydrogens is 448 g/mol. The number of likely N-dealkylation sites (tertiary alicyclic amines) is 1. The first-order valence-corrected chi connectivity index (χ1v) is 12.8. The maximum absolute atomic E-state index is 11.1. The number of nitrogens with zero attached hydrogens (tertiary/aromatic N) is 4. The Morgan fingerprint density at radius 3 is 2.61 bits per heavy atom. The lowest BCUT2D eigenvalue weighted by atomic mass is 9.68. The zero-order valence-electron chi connectivity index (χ0n) is 20.1. The van der Waals surface area contributed by atoms with E-state index < -0.39 is 5.60 Å². The van der Waals surface area contributed by atoms with E-state index in [1.807, 2.05) is 24.4 Å². The van der Waals surface area contributed by atoms with Gasteiger partial charge in [-0.25, -0.2) is 9.98 Å². The van der Waals surface area contributed by atoms with Crippen LogP contribution >= 0.6 is 0 Å². The molecule has 3 aromatic rings. The monoisotopic (exact) mass is 478 g/mol. The number of benzene rings is 2. The van der Waals surface area contributed by atoms with Crippen molar-refractivity contribution >= 4 is 22.4 Å². The van der Waals surface area contributed by atoms with E-state index >= 15 is 0 Å². The van der Waals surface area contributed by atoms with Crippen molar-refractivity contribution in [3.05, 3.63) is 84.3 Å². The second-order valence-electron chi connectivity index (χ2n) is 10.5. The molecule has 7 nitrogen and oxygen atoms in total. The highest BCUT2D eigenvalue weighted by atomic mass is 16.3. The van der Waals surface area contributed by atoms with E-state index in [1.165, 1.54) is 6.42 Å². The number of rotatable bonds is 5. The summed E-state index contributed by atoms with van der Waals surface area (Å²) in [5, 5.41) is 15.9. The fraction of sp³-hybridized carbons (Fsp3) is 0.310. The van der Waals surface area contributed by atoms with Gasteiger partial charge in [-0.05, 0) is 44.5 Å². The molecule has 1 aromatic heterocycles. The van der Waals surface area contributed by atoms with Gasteiger partial charge in [0, 0.05) is 41.4 Å². The first-order valence-electron chi connectivity index (χ1n) is 12.8. The smallest absolute Gasteiger partial charge is 0.149 e. The number of amidine groups is 1. The normalized spacial score (nSPS) is 27.4. The molecule has 182 valence electrons. The Kier molecular flexibility index (Phi) is 4.91. The summed E-state index contributed by atoms with van der Waals surface area (Å²) < 4.78 is 0. The van der Waals surface area contributed by atoms with E-state index in [2.05, 4.69) is 62.6 Å². The highest BCUT2D eigenvalue weighted by Crippen LogP contribution is 2.45. The van der Waals surface area contributed by atoms with E-state index in [1.54, 1.807) is 6.20 Å². The molecule has 1 saturated heterocycles. The zero-order chi connectivity index (χ0) is 24.3. The van der Waals surface area contributed by atoms with Crippen molar-refractivity contribution < 1.29 is 5.11 Å². The molecule has 36 heavy (non-hydrogen) atoms. The lowest BCUT2D eigenvalue weighted by molar-refractivity contribution is -0.116. The molecule has 0 amide bonds. The molecule has 0 radical (unpaired) electrons. The number of aliphatic imine (C=N–C) groups is 1. The van der Waals surface area contributed by atoms with Crippen LogP contribution in [0.1, 0.15) is 24.8 Å². The highest BCUT2D eigenvalue weighted by Gasteiger charge is 2.51. The Balaban J connectivity index is 1.19. The Hall–Kier alpha value is -3.68. The molecule has 4 N–H and O–H groups in total. The van der Waals surface area contributed by atoms with Crippen LogP contribution in [0.15, 0.2) is 83.8 Å². The number of fused-ring (bicyclic) bond motifs is 2. The average molecular weight is 479 g/mol. The molecule has 0 spiro atoms. The minimum Gasteiger partial charge on any atom is -0.389 e. The molecule has 7 rings (SSSR count). The van der Waals surface area contributed by atoms with Gasteiger partial charge in [0.15, 0.2) is 0 Å². The summed E-state index contributed by atoms with van der Waals surface area (Å²) in [5.74, 6) is 0.825. The molecule has 1 saturated carbocycles. The first-order chi connectivity index (χ1) is 17.6. The molecular formula is C29H30N6O. The number of hydrogen-bond donors (Lipinski definition) is 3. The van der Waals surface area contributed by atoms with Crippen LogP contribution in [-0.2, 0) is 0 Å². The first kappa shape index (κ1) is 21.6. The van der Waals surface area contributed by atoms with Crippen LogP contribution in [0.2, 0.25) is 0 Å². The summed E-state index contributed by atoms with van der Waals surface area (Å²) in [4.78, 5) is 13.9. The van der Waals surface area contributed by atoms with Crippen LogP contribution in [0.25, 0.3) is 27.9 Å². The van der Waals surface area contributed by atoms with Gasteiger partial charge in [0.05, 0.1) is 22.5 Å². The van der Waals surface area contributed by atoms with Gasteiger partial charge in [-0.15, -0.1) is 0 Å². The van der Waals surface area contributed by atoms with Crippen molar-refractivity contribution in [3.8, 4) is 11.3 Å². The number of nitrogens with one attached hydrogen (secondary N) is 1. The maximum Gasteiger partial charge on any atom is 0.149 e. The van der Waals surface area contributed by atoms with Gasteiger partial charge < -0.3 is 26.0 Å². The van der Waals surface area contributed by atoms with Gasteiger partial charge in [-0.2, -0.15) is 0 Å². The third kappa shape index (κ3) is 3.58. The third-order valence-corrected chi connectivity index (χ3v) is 8.02. The second kappa shape index (κ2) is 8.18. The molecule has 7 heteroatoms. The van der Waals surface area contributed by atoms with Crippen LogP contribution < -0.4 is 11.1 Å². The molecule has 1 aliphatic carbocycles. The Morgan fingerprint density at radius 1 is 1.03 bits per heavy atom. The minimum absolute atomic E-state index is 0.0382. The Bertz CT molecular complexity index is 1420. The number of aliphatic hydroxyl groups is 1. The number of β-amino-alcohol motifs (C(OH)–C–C–N with tert-alkyl or cyclic N) is 1. The lowest BCUT2D eigenvalue weighted by Gasteiger charge is -2.51. The molecule has 0 bridgehead atoms. The van der Waals surface area contributed by atoms with E-state index in [4.69, 9.17) is 10.7 Å². The van der Waals surface area contributed by atoms with E-state index in [0.29, 0.717) is 11.8 Å². The summed E-state index contributed by atoms with van der Waals surface area (Å²) in [6.45, 7) is 2.99. The summed E-state index contributed by atoms with van der Waals surface area (Å²) in [6, 6.07) is 20.8. The standard InChI is InChI=1S/C29H30N6O/c30-27-26-25(21-8-7-20-9-10-23(32-24(20)15-21)19-5-2-1-3-6-19)33-28(35(26)14-11-31-27)22-16-29(36,17-22)18-34-12-4-13-34/h1-3,5-11,14-15,22,28,33,36H,4,12-13,16-18H2,(H2,30,31)/t22-,28?,29+. The van der Waals surface area contributed by atoms with Crippen LogP contribution in [0.5, 0.6) is 0 Å². The van der Waals surface area contributed by atoms with Crippen molar-refractivity contribution in [2.75, 3.05) is 19.6 Å². The van der Waals surface area contributed by atoms with E-state index in [-0.39, 0.29) is 6.17 Å². The van der Waals surface area contributed by atoms with Crippen LogP contribution in [-0.4, -0.2) is 57.1 Å². The van der Waals surface area contributed by atoms with Gasteiger partial charge in [-0.3, -0.25) is 0 Å². The summed E-state index contributed by atoms with van der Waals surface area (Å²) in [5.41, 5.74) is 11.7. The lowest BCUT2D eigenvalue weighted by Crippen LogP contribution is -2.60. The molecule has 4 aliphatic rings. The van der Waals surface area contributed by atoms with Crippen molar-refractivity contribution in [1.29, 1.82) is 0 Å². The average Bonchev–Trinajstić information content (AvgIpc) is 3.25. The molecule has 3 aliphatic heterocycles. The Morgan fingerprint density at radius 2 is 1.83 bits per heavy atom. The number of hydrogen-bond acceptors (Lipinski definition) is 7. The summed E-state index contributed by atoms with van der Waals surface area (Å²) in [6.07, 6.45) is 6.60. The van der Waals surface area contributed by atoms with Crippen molar-refractivity contribution in [1.82, 2.24) is 20.1 Å². The van der Waals surface area contributed by atoms with Crippen molar-refractivity contribution in [2.45, 2.75) is 31.0 Å². The van der Waals surface area contributed by atoms with Gasteiger partial charge in [0.1, 0.15) is 17.7 Å². The molecule has 1 atom stereocenters. The van der Waals surface area contributed by atoms with Gasteiger partial charge in [0.25, 0.3) is 0 Å². The quantitative estimate of drug-likeness (QED) is 0.520. The van der Waals surface area contributed by atoms with Crippen LogP contribution in [0.3, 0.4) is 0 Å². The molecule has 2 fully saturated rings. The SMILES string of the molecule is NC1=NC=CN2C1=C(c1ccc3ccc(-c4ccccc4)nc3c1)NC2[C@H]1C[C@](O)(CN2CCC2)C1. The fourth-order valence-corrected chi connectivity index (χ4v) is 6.06. The number of pyridine rings is 1. The van der Waals surface area contributed by atoms with Gasteiger partial charge >= 0.3 is 0 Å². The third-order valence-electron chi connectivity index (χ3n) is 8.02. The molecule has 4 heterocycles. The summed E-state index contributed by atoms with van der Waals surface area (Å²) >= 11 is 0. The molecule has 2 aromatic carbocycles. The topological polar surface area (TPSA) is 90.0 Å². The second-order valence-corrected chi connectivity index (χ2v) is 10.5. The van der Waals surface area contributed by atoms with Crippen molar-refractivity contribution in [3.63, 3.8) is 0 Å². The largest absolute Gasteiger partial charge is 0.389 e. The predicted molar refractivity (Wildman–Crippen MR) is 142 cm³/mol. The van der Waals surface area contributed by atoms with Gasteiger partial charge in [-0.1, -0.05) is 48.5 Å². The summed E-state index contributed by atoms with van der Waals surface area (Å²) in [7, 11) is 0. The number of nitrogens with two attached hydrogens (primary N) is 1. The van der Waals surface area contributed by atoms with E-state index in [9.17, 15) is 5.11 Å². The predicted octanol–water partition coefficient (Wildman–Crippen LogP) is 3.49.